The van der Waals surface area contributed by atoms with Crippen molar-refractivity contribution in [3.63, 3.8) is 0 Å². The van der Waals surface area contributed by atoms with E-state index in [9.17, 15) is 27.6 Å². The van der Waals surface area contributed by atoms with Crippen LogP contribution in [0.3, 0.4) is 0 Å². The Morgan fingerprint density at radius 3 is 2.60 bits per heavy atom. The maximum Gasteiger partial charge on any atom is 0.522 e. The molecule has 142 valence electrons. The Morgan fingerprint density at radius 1 is 1.32 bits per heavy atom. The number of rotatable bonds is 7. The van der Waals surface area contributed by atoms with E-state index in [0.29, 0.717) is 32.4 Å². The van der Waals surface area contributed by atoms with Gasteiger partial charge >= 0.3 is 6.36 Å². The van der Waals surface area contributed by atoms with E-state index in [0.717, 1.165) is 6.42 Å². The third-order valence-electron chi connectivity index (χ3n) is 4.69. The van der Waals surface area contributed by atoms with Crippen LogP contribution in [-0.2, 0) is 19.1 Å². The molecule has 0 radical (unpaired) electrons. The molecule has 0 saturated carbocycles. The first-order valence-electron chi connectivity index (χ1n) is 8.25. The van der Waals surface area contributed by atoms with E-state index in [2.05, 4.69) is 10.1 Å². The molecule has 3 N–H and O–H groups in total. The molecule has 2 heterocycles. The summed E-state index contributed by atoms with van der Waals surface area (Å²) < 4.78 is 40.5. The smallest absolute Gasteiger partial charge is 0.368 e. The second kappa shape index (κ2) is 8.13. The molecule has 10 heteroatoms. The van der Waals surface area contributed by atoms with Crippen LogP contribution < -0.4 is 11.1 Å². The lowest BCUT2D eigenvalue weighted by Crippen LogP contribution is -2.56. The highest BCUT2D eigenvalue weighted by Crippen LogP contribution is 2.27. The van der Waals surface area contributed by atoms with E-state index in [1.54, 1.807) is 4.90 Å². The van der Waals surface area contributed by atoms with Crippen molar-refractivity contribution in [2.24, 2.45) is 11.7 Å². The van der Waals surface area contributed by atoms with Gasteiger partial charge in [0.1, 0.15) is 6.61 Å². The second-order valence-electron chi connectivity index (χ2n) is 6.38. The van der Waals surface area contributed by atoms with Crippen LogP contribution in [0.1, 0.15) is 32.1 Å². The number of carbonyl (C=O) groups is 3. The topological polar surface area (TPSA) is 102 Å². The monoisotopic (exact) mass is 365 g/mol. The number of carbonyl (C=O) groups excluding carboxylic acids is 3. The number of piperidine rings is 1. The van der Waals surface area contributed by atoms with Crippen molar-refractivity contribution in [1.82, 2.24) is 10.2 Å². The van der Waals surface area contributed by atoms with E-state index in [1.807, 2.05) is 0 Å². The molecule has 2 saturated heterocycles. The minimum Gasteiger partial charge on any atom is -0.368 e. The number of nitrogens with two attached hydrogens (primary N) is 1. The molecule has 1 unspecified atom stereocenters. The summed E-state index contributed by atoms with van der Waals surface area (Å²) >= 11 is 0. The number of primary amides is 1. The van der Waals surface area contributed by atoms with Gasteiger partial charge in [0.15, 0.2) is 5.78 Å². The normalized spacial score (nSPS) is 26.3. The maximum atomic E-state index is 12.4. The van der Waals surface area contributed by atoms with Crippen molar-refractivity contribution in [3.05, 3.63) is 0 Å². The summed E-state index contributed by atoms with van der Waals surface area (Å²) in [5.41, 5.74) is 5.39. The van der Waals surface area contributed by atoms with Crippen LogP contribution >= 0.6 is 0 Å². The third kappa shape index (κ3) is 5.40. The van der Waals surface area contributed by atoms with Gasteiger partial charge in [-0.1, -0.05) is 6.42 Å². The van der Waals surface area contributed by atoms with Gasteiger partial charge in [-0.2, -0.15) is 0 Å². The number of ether oxygens (including phenoxy) is 1. The Morgan fingerprint density at radius 2 is 2.04 bits per heavy atom. The van der Waals surface area contributed by atoms with Gasteiger partial charge in [0, 0.05) is 12.5 Å². The van der Waals surface area contributed by atoms with Crippen LogP contribution in [0.5, 0.6) is 0 Å². The number of hydrogen-bond acceptors (Lipinski definition) is 5. The SMILES string of the molecule is NC(=O)C1CCCCN1[C@@H](C[C@@H]1CCNC1=O)C(=O)COC(F)(F)F. The van der Waals surface area contributed by atoms with E-state index < -0.39 is 42.7 Å². The Kier molecular flexibility index (Phi) is 6.39. The van der Waals surface area contributed by atoms with Crippen LogP contribution in [0.15, 0.2) is 0 Å². The van der Waals surface area contributed by atoms with Gasteiger partial charge in [-0.05, 0) is 32.2 Å². The highest BCUT2D eigenvalue weighted by atomic mass is 19.4. The average Bonchev–Trinajstić information content (AvgIpc) is 2.94. The minimum absolute atomic E-state index is 0.0513. The fourth-order valence-corrected chi connectivity index (χ4v) is 3.47. The molecule has 2 aliphatic heterocycles. The number of nitrogens with zero attached hydrogens (tertiary/aromatic N) is 1. The number of halogens is 3. The number of Topliss-reactive ketones (excluding diaryl/α,β-unsaturated/α-hetero) is 1. The molecule has 0 spiro atoms. The van der Waals surface area contributed by atoms with Gasteiger partial charge in [-0.25, -0.2) is 0 Å². The maximum absolute atomic E-state index is 12.4. The van der Waals surface area contributed by atoms with E-state index in [4.69, 9.17) is 5.73 Å². The minimum atomic E-state index is -4.92. The fraction of sp³-hybridized carbons (Fsp3) is 0.800. The molecule has 0 bridgehead atoms. The van der Waals surface area contributed by atoms with Gasteiger partial charge in [0.25, 0.3) is 0 Å². The van der Waals surface area contributed by atoms with Gasteiger partial charge in [-0.15, -0.1) is 13.2 Å². The average molecular weight is 365 g/mol. The first kappa shape index (κ1) is 19.6. The molecule has 0 aromatic heterocycles. The van der Waals surface area contributed by atoms with Crippen LogP contribution in [0.25, 0.3) is 0 Å². The van der Waals surface area contributed by atoms with E-state index in [1.165, 1.54) is 0 Å². The Balaban J connectivity index is 2.16. The molecule has 2 fully saturated rings. The van der Waals surface area contributed by atoms with Gasteiger partial charge in [0.2, 0.25) is 11.8 Å². The standard InChI is InChI=1S/C15H22F3N3O4/c16-15(17,18)25-8-12(22)11(7-9-4-5-20-14(9)24)21-6-2-1-3-10(21)13(19)23/h9-11H,1-8H2,(H2,19,23)(H,20,24)/t9-,10?,11-/m0/s1. The summed E-state index contributed by atoms with van der Waals surface area (Å²) in [6.45, 7) is -0.322. The molecule has 7 nitrogen and oxygen atoms in total. The molecule has 0 aromatic carbocycles. The molecule has 25 heavy (non-hydrogen) atoms. The summed E-state index contributed by atoms with van der Waals surface area (Å²) in [5.74, 6) is -2.13. The Labute approximate surface area is 143 Å². The van der Waals surface area contributed by atoms with Crippen LogP contribution in [0.4, 0.5) is 13.2 Å². The van der Waals surface area contributed by atoms with Crippen molar-refractivity contribution in [2.75, 3.05) is 19.7 Å². The molecule has 0 aliphatic carbocycles. The molecule has 0 aromatic rings. The lowest BCUT2D eigenvalue weighted by molar-refractivity contribution is -0.321. The van der Waals surface area contributed by atoms with Crippen LogP contribution in [-0.4, -0.2) is 60.6 Å². The third-order valence-corrected chi connectivity index (χ3v) is 4.69. The number of ketones is 1. The van der Waals surface area contributed by atoms with Crippen molar-refractivity contribution in [3.8, 4) is 0 Å². The molecular weight excluding hydrogens is 343 g/mol. The molecular formula is C15H22F3N3O4. The molecule has 2 aliphatic rings. The Bertz CT molecular complexity index is 527. The van der Waals surface area contributed by atoms with Crippen molar-refractivity contribution in [1.29, 1.82) is 0 Å². The highest BCUT2D eigenvalue weighted by molar-refractivity contribution is 5.88. The predicted octanol–water partition coefficient (Wildman–Crippen LogP) is 0.326. The number of alkyl halides is 3. The fourth-order valence-electron chi connectivity index (χ4n) is 3.47. The first-order valence-corrected chi connectivity index (χ1v) is 8.25. The number of nitrogens with one attached hydrogen (secondary N) is 1. The zero-order valence-corrected chi connectivity index (χ0v) is 13.7. The quantitative estimate of drug-likeness (QED) is 0.677. The lowest BCUT2D eigenvalue weighted by atomic mass is 9.91. The largest absolute Gasteiger partial charge is 0.522 e. The van der Waals surface area contributed by atoms with E-state index in [-0.39, 0.29) is 12.3 Å². The number of amides is 2. The van der Waals surface area contributed by atoms with Crippen molar-refractivity contribution < 1.29 is 32.3 Å². The summed E-state index contributed by atoms with van der Waals surface area (Å²) in [6, 6.07) is -1.73. The lowest BCUT2D eigenvalue weighted by Gasteiger charge is -2.39. The second-order valence-corrected chi connectivity index (χ2v) is 6.38. The highest BCUT2D eigenvalue weighted by Gasteiger charge is 2.40. The molecule has 2 amide bonds. The first-order chi connectivity index (χ1) is 11.7. The number of likely N-dealkylation sites (tertiary alicyclic amines) is 1. The molecule has 2 rings (SSSR count). The summed E-state index contributed by atoms with van der Waals surface area (Å²) in [5, 5.41) is 2.64. The van der Waals surface area contributed by atoms with Gasteiger partial charge < -0.3 is 11.1 Å². The predicted molar refractivity (Wildman–Crippen MR) is 80.1 cm³/mol. The van der Waals surface area contributed by atoms with Crippen molar-refractivity contribution >= 4 is 17.6 Å². The summed E-state index contributed by atoms with van der Waals surface area (Å²) in [6.07, 6.45) is -2.49. The zero-order valence-electron chi connectivity index (χ0n) is 13.7. The van der Waals surface area contributed by atoms with Gasteiger partial charge in [0.05, 0.1) is 12.1 Å². The Hall–Kier alpha value is -1.68. The van der Waals surface area contributed by atoms with Gasteiger partial charge in [-0.3, -0.25) is 24.0 Å². The van der Waals surface area contributed by atoms with Crippen molar-refractivity contribution in [2.45, 2.75) is 50.6 Å². The summed E-state index contributed by atoms with van der Waals surface area (Å²) in [7, 11) is 0. The van der Waals surface area contributed by atoms with Crippen LogP contribution in [0, 0.1) is 5.92 Å². The van der Waals surface area contributed by atoms with Crippen LogP contribution in [0.2, 0.25) is 0 Å². The zero-order chi connectivity index (χ0) is 18.6. The summed E-state index contributed by atoms with van der Waals surface area (Å²) in [4.78, 5) is 37.4. The molecule has 3 atom stereocenters. The van der Waals surface area contributed by atoms with E-state index >= 15 is 0 Å². The number of hydrogen-bond donors (Lipinski definition) is 2.